The number of nitrogens with zero attached hydrogens (tertiary/aromatic N) is 3. The Bertz CT molecular complexity index is 694. The number of nitrogens with one attached hydrogen (secondary N) is 1. The van der Waals surface area contributed by atoms with Crippen molar-refractivity contribution in [3.8, 4) is 0 Å². The first-order valence-electron chi connectivity index (χ1n) is 8.45. The molecule has 2 unspecified atom stereocenters. The van der Waals surface area contributed by atoms with Gasteiger partial charge in [-0.1, -0.05) is 5.16 Å². The smallest absolute Gasteiger partial charge is 0.318 e. The third-order valence-electron chi connectivity index (χ3n) is 4.34. The Hall–Kier alpha value is -2.31. The minimum Gasteiger partial charge on any atom is -0.466 e. The zero-order valence-corrected chi connectivity index (χ0v) is 14.4. The highest BCUT2D eigenvalue weighted by Crippen LogP contribution is 2.30. The summed E-state index contributed by atoms with van der Waals surface area (Å²) in [4.78, 5) is 18.6. The average Bonchev–Trinajstić information content (AvgIpc) is 3.25. The van der Waals surface area contributed by atoms with Crippen molar-refractivity contribution in [1.82, 2.24) is 20.4 Å². The zero-order chi connectivity index (χ0) is 17.1. The van der Waals surface area contributed by atoms with Gasteiger partial charge < -0.3 is 19.2 Å². The van der Waals surface area contributed by atoms with Crippen LogP contribution in [0, 0.1) is 13.8 Å². The van der Waals surface area contributed by atoms with Gasteiger partial charge in [-0.05, 0) is 45.2 Å². The number of hydrogen-bond donors (Lipinski definition) is 1. The maximum atomic E-state index is 12.6. The van der Waals surface area contributed by atoms with Crippen LogP contribution in [0.4, 0.5) is 4.79 Å². The standard InChI is InChI=1S/C17H24N4O3/c1-11(6-8-14-9-7-12(2)23-14)18-17(22)21-10-4-5-15(21)16-19-13(3)24-20-16/h7,9,11,15H,4-6,8,10H2,1-3H3,(H,18,22). The highest BCUT2D eigenvalue weighted by atomic mass is 16.5. The highest BCUT2D eigenvalue weighted by molar-refractivity contribution is 5.75. The number of furan rings is 1. The number of rotatable bonds is 5. The van der Waals surface area contributed by atoms with Crippen molar-refractivity contribution in [2.24, 2.45) is 0 Å². The number of likely N-dealkylation sites (tertiary alicyclic amines) is 1. The van der Waals surface area contributed by atoms with E-state index < -0.39 is 0 Å². The summed E-state index contributed by atoms with van der Waals surface area (Å²) in [6.45, 7) is 6.42. The second-order valence-corrected chi connectivity index (χ2v) is 6.42. The van der Waals surface area contributed by atoms with Gasteiger partial charge in [0, 0.05) is 25.9 Å². The Kier molecular flexibility index (Phi) is 4.87. The Morgan fingerprint density at radius 1 is 1.46 bits per heavy atom. The lowest BCUT2D eigenvalue weighted by atomic mass is 10.1. The molecule has 0 aromatic carbocycles. The zero-order valence-electron chi connectivity index (χ0n) is 14.4. The molecule has 0 bridgehead atoms. The predicted octanol–water partition coefficient (Wildman–Crippen LogP) is 3.15. The summed E-state index contributed by atoms with van der Waals surface area (Å²) in [5.41, 5.74) is 0. The predicted molar refractivity (Wildman–Crippen MR) is 87.5 cm³/mol. The highest BCUT2D eigenvalue weighted by Gasteiger charge is 2.33. The monoisotopic (exact) mass is 332 g/mol. The third-order valence-corrected chi connectivity index (χ3v) is 4.34. The van der Waals surface area contributed by atoms with Crippen molar-refractivity contribution in [1.29, 1.82) is 0 Å². The van der Waals surface area contributed by atoms with E-state index in [1.807, 2.05) is 26.0 Å². The van der Waals surface area contributed by atoms with E-state index in [0.717, 1.165) is 37.2 Å². The van der Waals surface area contributed by atoms with Crippen LogP contribution in [-0.2, 0) is 6.42 Å². The van der Waals surface area contributed by atoms with Gasteiger partial charge >= 0.3 is 6.03 Å². The number of carbonyl (C=O) groups excluding carboxylic acids is 1. The van der Waals surface area contributed by atoms with Crippen LogP contribution in [0.2, 0.25) is 0 Å². The van der Waals surface area contributed by atoms with E-state index in [2.05, 4.69) is 15.5 Å². The van der Waals surface area contributed by atoms with Crippen molar-refractivity contribution >= 4 is 6.03 Å². The Labute approximate surface area is 141 Å². The Morgan fingerprint density at radius 3 is 2.96 bits per heavy atom. The normalized spacial score (nSPS) is 18.8. The molecule has 0 spiro atoms. The van der Waals surface area contributed by atoms with Crippen LogP contribution in [0.3, 0.4) is 0 Å². The van der Waals surface area contributed by atoms with Gasteiger partial charge in [0.25, 0.3) is 0 Å². The van der Waals surface area contributed by atoms with Crippen molar-refractivity contribution in [2.75, 3.05) is 6.54 Å². The maximum Gasteiger partial charge on any atom is 0.318 e. The molecule has 2 atom stereocenters. The van der Waals surface area contributed by atoms with E-state index in [4.69, 9.17) is 8.94 Å². The van der Waals surface area contributed by atoms with Crippen molar-refractivity contribution in [2.45, 2.75) is 58.5 Å². The largest absolute Gasteiger partial charge is 0.466 e. The minimum absolute atomic E-state index is 0.0659. The molecule has 2 aromatic heterocycles. The molecule has 0 radical (unpaired) electrons. The van der Waals surface area contributed by atoms with Crippen LogP contribution >= 0.6 is 0 Å². The van der Waals surface area contributed by atoms with E-state index in [-0.39, 0.29) is 18.1 Å². The quantitative estimate of drug-likeness (QED) is 0.909. The number of aromatic nitrogens is 2. The topological polar surface area (TPSA) is 84.4 Å². The molecule has 7 heteroatoms. The molecular weight excluding hydrogens is 308 g/mol. The molecule has 2 aromatic rings. The van der Waals surface area contributed by atoms with Crippen molar-refractivity contribution in [3.05, 3.63) is 35.4 Å². The fourth-order valence-corrected chi connectivity index (χ4v) is 3.07. The van der Waals surface area contributed by atoms with Gasteiger partial charge in [0.2, 0.25) is 5.89 Å². The number of urea groups is 1. The van der Waals surface area contributed by atoms with E-state index in [0.29, 0.717) is 18.3 Å². The van der Waals surface area contributed by atoms with Gasteiger partial charge in [-0.15, -0.1) is 0 Å². The fraction of sp³-hybridized carbons (Fsp3) is 0.588. The molecule has 7 nitrogen and oxygen atoms in total. The first-order chi connectivity index (χ1) is 11.5. The van der Waals surface area contributed by atoms with Crippen molar-refractivity contribution < 1.29 is 13.7 Å². The SMILES string of the molecule is Cc1ccc(CCC(C)NC(=O)N2CCCC2c2noc(C)n2)o1. The lowest BCUT2D eigenvalue weighted by Gasteiger charge is -2.25. The molecule has 0 saturated carbocycles. The second kappa shape index (κ2) is 7.07. The molecule has 24 heavy (non-hydrogen) atoms. The summed E-state index contributed by atoms with van der Waals surface area (Å²) in [6.07, 6.45) is 3.46. The van der Waals surface area contributed by atoms with Crippen LogP contribution in [0.5, 0.6) is 0 Å². The van der Waals surface area contributed by atoms with E-state index >= 15 is 0 Å². The summed E-state index contributed by atoms with van der Waals surface area (Å²) < 4.78 is 10.6. The summed E-state index contributed by atoms with van der Waals surface area (Å²) in [5.74, 6) is 2.99. The van der Waals surface area contributed by atoms with Gasteiger partial charge in [-0.25, -0.2) is 4.79 Å². The Balaban J connectivity index is 1.53. The van der Waals surface area contributed by atoms with Gasteiger partial charge in [0.1, 0.15) is 11.5 Å². The molecule has 130 valence electrons. The fourth-order valence-electron chi connectivity index (χ4n) is 3.07. The summed E-state index contributed by atoms with van der Waals surface area (Å²) in [6, 6.07) is 3.85. The molecular formula is C17H24N4O3. The first-order valence-corrected chi connectivity index (χ1v) is 8.45. The van der Waals surface area contributed by atoms with Crippen LogP contribution < -0.4 is 5.32 Å². The van der Waals surface area contributed by atoms with Gasteiger partial charge in [-0.3, -0.25) is 0 Å². The lowest BCUT2D eigenvalue weighted by Crippen LogP contribution is -2.43. The number of aryl methyl sites for hydroxylation is 3. The first kappa shape index (κ1) is 16.5. The molecule has 2 amide bonds. The molecule has 3 rings (SSSR count). The maximum absolute atomic E-state index is 12.6. The summed E-state index contributed by atoms with van der Waals surface area (Å²) in [5, 5.41) is 7.03. The van der Waals surface area contributed by atoms with Crippen LogP contribution in [0.25, 0.3) is 0 Å². The van der Waals surface area contributed by atoms with Gasteiger partial charge in [0.15, 0.2) is 5.82 Å². The summed E-state index contributed by atoms with van der Waals surface area (Å²) in [7, 11) is 0. The van der Waals surface area contributed by atoms with Crippen LogP contribution in [0.15, 0.2) is 21.1 Å². The molecule has 0 aliphatic carbocycles. The third kappa shape index (κ3) is 3.77. The molecule has 1 saturated heterocycles. The summed E-state index contributed by atoms with van der Waals surface area (Å²) >= 11 is 0. The van der Waals surface area contributed by atoms with E-state index in [9.17, 15) is 4.79 Å². The van der Waals surface area contributed by atoms with E-state index in [1.54, 1.807) is 11.8 Å². The minimum atomic E-state index is -0.0950. The second-order valence-electron chi connectivity index (χ2n) is 6.42. The average molecular weight is 332 g/mol. The van der Waals surface area contributed by atoms with Crippen LogP contribution in [-0.4, -0.2) is 33.7 Å². The lowest BCUT2D eigenvalue weighted by molar-refractivity contribution is 0.186. The van der Waals surface area contributed by atoms with Crippen molar-refractivity contribution in [3.63, 3.8) is 0 Å². The molecule has 1 fully saturated rings. The molecule has 1 aliphatic rings. The van der Waals surface area contributed by atoms with Gasteiger partial charge in [-0.2, -0.15) is 4.98 Å². The molecule has 1 aliphatic heterocycles. The molecule has 3 heterocycles. The number of carbonyl (C=O) groups is 1. The molecule has 1 N–H and O–H groups in total. The van der Waals surface area contributed by atoms with E-state index in [1.165, 1.54) is 0 Å². The van der Waals surface area contributed by atoms with Crippen LogP contribution in [0.1, 0.15) is 55.5 Å². The Morgan fingerprint density at radius 2 is 2.29 bits per heavy atom. The van der Waals surface area contributed by atoms with Gasteiger partial charge in [0.05, 0.1) is 6.04 Å². The number of amides is 2. The number of hydrogen-bond acceptors (Lipinski definition) is 5.